The Hall–Kier alpha value is -3.34. The zero-order chi connectivity index (χ0) is 21.5. The van der Waals surface area contributed by atoms with Crippen molar-refractivity contribution in [3.8, 4) is 22.6 Å². The molecule has 0 aromatic heterocycles. The van der Waals surface area contributed by atoms with Crippen LogP contribution in [0.4, 0.5) is 4.39 Å². The summed E-state index contributed by atoms with van der Waals surface area (Å²) in [6.07, 6.45) is 1.06. The van der Waals surface area contributed by atoms with E-state index in [0.717, 1.165) is 28.7 Å². The summed E-state index contributed by atoms with van der Waals surface area (Å²) in [5.74, 6) is 0.133. The molecule has 31 heavy (non-hydrogen) atoms. The average molecular weight is 418 g/mol. The molecular formula is C26H23FO4. The van der Waals surface area contributed by atoms with Gasteiger partial charge in [-0.2, -0.15) is 0 Å². The molecule has 158 valence electrons. The topological polar surface area (TPSA) is 55.8 Å². The maximum atomic E-state index is 15.5. The van der Waals surface area contributed by atoms with E-state index in [0.29, 0.717) is 35.7 Å². The van der Waals surface area contributed by atoms with Gasteiger partial charge in [0.05, 0.1) is 13.0 Å². The highest BCUT2D eigenvalue weighted by atomic mass is 19.1. The molecule has 4 nitrogen and oxygen atoms in total. The number of fused-ring (bicyclic) bond motifs is 2. The van der Waals surface area contributed by atoms with E-state index in [1.165, 1.54) is 0 Å². The summed E-state index contributed by atoms with van der Waals surface area (Å²) < 4.78 is 27.5. The van der Waals surface area contributed by atoms with Crippen LogP contribution in [-0.4, -0.2) is 17.7 Å². The standard InChI is InChI=1S/C26H23FO4/c1-15-5-2-3-6-18(15)19-7-4-8-20(26(19)27)22-10-9-16-11-21-17(12-25(28)29)14-30-24(21)13-23(16)31-22/h2-8,11,13,17,22H,9-10,12,14H2,1H3,(H,28,29). The number of rotatable bonds is 4. The van der Waals surface area contributed by atoms with Crippen LogP contribution in [0.15, 0.2) is 54.6 Å². The van der Waals surface area contributed by atoms with Crippen LogP contribution in [0.25, 0.3) is 11.1 Å². The third-order valence-electron chi connectivity index (χ3n) is 6.25. The van der Waals surface area contributed by atoms with Gasteiger partial charge in [-0.15, -0.1) is 0 Å². The molecule has 2 aliphatic rings. The number of halogens is 1. The Kier molecular flexibility index (Phi) is 4.89. The molecular weight excluding hydrogens is 395 g/mol. The van der Waals surface area contributed by atoms with E-state index in [2.05, 4.69) is 0 Å². The van der Waals surface area contributed by atoms with E-state index < -0.39 is 5.97 Å². The molecule has 0 bridgehead atoms. The van der Waals surface area contributed by atoms with Gasteiger partial charge < -0.3 is 14.6 Å². The lowest BCUT2D eigenvalue weighted by Gasteiger charge is -2.28. The average Bonchev–Trinajstić information content (AvgIpc) is 3.13. The Balaban J connectivity index is 1.45. The first kappa shape index (κ1) is 19.6. The number of aryl methyl sites for hydroxylation is 2. The molecule has 0 spiro atoms. The number of carboxylic acid groups (broad SMARTS) is 1. The van der Waals surface area contributed by atoms with Crippen LogP contribution in [-0.2, 0) is 11.2 Å². The summed E-state index contributed by atoms with van der Waals surface area (Å²) >= 11 is 0. The van der Waals surface area contributed by atoms with Gasteiger partial charge >= 0.3 is 5.97 Å². The van der Waals surface area contributed by atoms with Crippen LogP contribution >= 0.6 is 0 Å². The van der Waals surface area contributed by atoms with Gasteiger partial charge in [0.2, 0.25) is 0 Å². The second-order valence-corrected chi connectivity index (χ2v) is 8.27. The number of carbonyl (C=O) groups is 1. The highest BCUT2D eigenvalue weighted by Gasteiger charge is 2.31. The predicted octanol–water partition coefficient (Wildman–Crippen LogP) is 5.82. The lowest BCUT2D eigenvalue weighted by molar-refractivity contribution is -0.137. The van der Waals surface area contributed by atoms with Gasteiger partial charge in [0.15, 0.2) is 0 Å². The molecule has 2 aliphatic heterocycles. The monoisotopic (exact) mass is 418 g/mol. The normalized spacial score (nSPS) is 19.2. The van der Waals surface area contributed by atoms with Crippen molar-refractivity contribution in [2.75, 3.05) is 6.61 Å². The largest absolute Gasteiger partial charge is 0.492 e. The fourth-order valence-electron chi connectivity index (χ4n) is 4.63. The minimum absolute atomic E-state index is 0.0478. The Morgan fingerprint density at radius 3 is 2.68 bits per heavy atom. The van der Waals surface area contributed by atoms with Crippen molar-refractivity contribution in [2.24, 2.45) is 0 Å². The van der Waals surface area contributed by atoms with Crippen molar-refractivity contribution < 1.29 is 23.8 Å². The van der Waals surface area contributed by atoms with Crippen molar-refractivity contribution in [1.29, 1.82) is 0 Å². The number of carboxylic acids is 1. The van der Waals surface area contributed by atoms with Gasteiger partial charge in [0.25, 0.3) is 0 Å². The summed E-state index contributed by atoms with van der Waals surface area (Å²) in [5, 5.41) is 9.13. The second-order valence-electron chi connectivity index (χ2n) is 8.27. The fraction of sp³-hybridized carbons (Fsp3) is 0.269. The maximum Gasteiger partial charge on any atom is 0.304 e. The first-order valence-electron chi connectivity index (χ1n) is 10.5. The van der Waals surface area contributed by atoms with E-state index in [1.807, 2.05) is 49.4 Å². The molecule has 0 saturated heterocycles. The number of aliphatic carboxylic acids is 1. The molecule has 0 fully saturated rings. The van der Waals surface area contributed by atoms with Crippen molar-refractivity contribution >= 4 is 5.97 Å². The quantitative estimate of drug-likeness (QED) is 0.580. The second kappa shape index (κ2) is 7.73. The Morgan fingerprint density at radius 1 is 1.06 bits per heavy atom. The molecule has 2 unspecified atom stereocenters. The van der Waals surface area contributed by atoms with Crippen LogP contribution in [0.5, 0.6) is 11.5 Å². The summed E-state index contributed by atoms with van der Waals surface area (Å²) in [7, 11) is 0. The SMILES string of the molecule is Cc1ccccc1-c1cccc(C2CCc3cc4c(cc3O2)OCC4CC(=O)O)c1F. The van der Waals surface area contributed by atoms with Crippen molar-refractivity contribution in [3.05, 3.63) is 82.7 Å². The van der Waals surface area contributed by atoms with Gasteiger partial charge in [0.1, 0.15) is 23.4 Å². The van der Waals surface area contributed by atoms with Crippen molar-refractivity contribution in [1.82, 2.24) is 0 Å². The van der Waals surface area contributed by atoms with E-state index in [4.69, 9.17) is 14.6 Å². The van der Waals surface area contributed by atoms with E-state index >= 15 is 4.39 Å². The van der Waals surface area contributed by atoms with Crippen LogP contribution in [0.3, 0.4) is 0 Å². The minimum Gasteiger partial charge on any atom is -0.492 e. The maximum absolute atomic E-state index is 15.5. The smallest absolute Gasteiger partial charge is 0.304 e. The van der Waals surface area contributed by atoms with Crippen LogP contribution < -0.4 is 9.47 Å². The first-order valence-corrected chi connectivity index (χ1v) is 10.5. The summed E-state index contributed by atoms with van der Waals surface area (Å²) in [6, 6.07) is 17.1. The minimum atomic E-state index is -0.834. The number of ether oxygens (including phenoxy) is 2. The molecule has 3 aromatic rings. The molecule has 1 N–H and O–H groups in total. The molecule has 0 aliphatic carbocycles. The van der Waals surface area contributed by atoms with Gasteiger partial charge in [0, 0.05) is 28.7 Å². The van der Waals surface area contributed by atoms with Crippen LogP contribution in [0.2, 0.25) is 0 Å². The van der Waals surface area contributed by atoms with Crippen LogP contribution in [0.1, 0.15) is 47.1 Å². The van der Waals surface area contributed by atoms with Crippen molar-refractivity contribution in [3.63, 3.8) is 0 Å². The molecule has 0 amide bonds. The third kappa shape index (κ3) is 3.54. The Morgan fingerprint density at radius 2 is 1.87 bits per heavy atom. The molecule has 5 heteroatoms. The molecule has 0 saturated carbocycles. The van der Waals surface area contributed by atoms with Gasteiger partial charge in [-0.1, -0.05) is 42.5 Å². The van der Waals surface area contributed by atoms with Crippen LogP contribution in [0, 0.1) is 12.7 Å². The van der Waals surface area contributed by atoms with Gasteiger partial charge in [-0.25, -0.2) is 4.39 Å². The predicted molar refractivity (Wildman–Crippen MR) is 115 cm³/mol. The number of benzene rings is 3. The lowest BCUT2D eigenvalue weighted by atomic mass is 9.90. The lowest BCUT2D eigenvalue weighted by Crippen LogP contribution is -2.17. The first-order chi connectivity index (χ1) is 15.0. The van der Waals surface area contributed by atoms with E-state index in [9.17, 15) is 4.79 Å². The zero-order valence-corrected chi connectivity index (χ0v) is 17.2. The Bertz CT molecular complexity index is 1170. The molecule has 2 atom stereocenters. The highest BCUT2D eigenvalue weighted by Crippen LogP contribution is 2.45. The number of hydrogen-bond donors (Lipinski definition) is 1. The summed E-state index contributed by atoms with van der Waals surface area (Å²) in [4.78, 5) is 11.1. The molecule has 2 heterocycles. The zero-order valence-electron chi connectivity index (χ0n) is 17.2. The highest BCUT2D eigenvalue weighted by molar-refractivity contribution is 5.69. The van der Waals surface area contributed by atoms with E-state index in [-0.39, 0.29) is 24.3 Å². The number of hydrogen-bond acceptors (Lipinski definition) is 3. The Labute approximate surface area is 180 Å². The third-order valence-corrected chi connectivity index (χ3v) is 6.25. The van der Waals surface area contributed by atoms with Crippen molar-refractivity contribution in [2.45, 2.75) is 38.2 Å². The van der Waals surface area contributed by atoms with Gasteiger partial charge in [-0.3, -0.25) is 4.79 Å². The fourth-order valence-corrected chi connectivity index (χ4v) is 4.63. The molecule has 5 rings (SSSR count). The van der Waals surface area contributed by atoms with Gasteiger partial charge in [-0.05, 0) is 42.5 Å². The molecule has 0 radical (unpaired) electrons. The summed E-state index contributed by atoms with van der Waals surface area (Å²) in [5.41, 5.74) is 4.99. The summed E-state index contributed by atoms with van der Waals surface area (Å²) in [6.45, 7) is 2.34. The molecule has 3 aromatic carbocycles. The van der Waals surface area contributed by atoms with E-state index in [1.54, 1.807) is 12.1 Å².